The molecule has 0 bridgehead atoms. The van der Waals surface area contributed by atoms with E-state index in [1.54, 1.807) is 19.4 Å². The number of nitrogens with one attached hydrogen (secondary N) is 1. The van der Waals surface area contributed by atoms with Crippen molar-refractivity contribution >= 4 is 32.4 Å². The zero-order chi connectivity index (χ0) is 21.8. The predicted molar refractivity (Wildman–Crippen MR) is 119 cm³/mol. The second-order valence-corrected chi connectivity index (χ2v) is 10.1. The van der Waals surface area contributed by atoms with Gasteiger partial charge in [0, 0.05) is 49.1 Å². The average Bonchev–Trinajstić information content (AvgIpc) is 3.46. The molecule has 1 atom stereocenters. The Bertz CT molecular complexity index is 1140. The SMILES string of the molecule is CN(C[C@@H]1CCCO1)S(=O)(=O)c1ccc(C(=O)Nc2nc(-c3ccncc3)cs2)cc1. The van der Waals surface area contributed by atoms with Crippen LogP contribution in [0.3, 0.4) is 0 Å². The molecule has 0 aliphatic carbocycles. The van der Waals surface area contributed by atoms with Crippen LogP contribution in [0.5, 0.6) is 0 Å². The number of aromatic nitrogens is 2. The minimum Gasteiger partial charge on any atom is -0.377 e. The second-order valence-electron chi connectivity index (χ2n) is 7.17. The number of sulfonamides is 1. The van der Waals surface area contributed by atoms with Gasteiger partial charge in [-0.15, -0.1) is 11.3 Å². The number of pyridine rings is 1. The lowest BCUT2D eigenvalue weighted by molar-refractivity contribution is 0.0979. The highest BCUT2D eigenvalue weighted by Gasteiger charge is 2.26. The number of hydrogen-bond donors (Lipinski definition) is 1. The molecular weight excluding hydrogens is 436 g/mol. The smallest absolute Gasteiger partial charge is 0.257 e. The molecule has 1 aliphatic heterocycles. The minimum absolute atomic E-state index is 0.0693. The van der Waals surface area contributed by atoms with Gasteiger partial charge in [-0.1, -0.05) is 0 Å². The number of rotatable bonds is 7. The van der Waals surface area contributed by atoms with Crippen molar-refractivity contribution in [1.29, 1.82) is 0 Å². The summed E-state index contributed by atoms with van der Waals surface area (Å²) < 4.78 is 32.4. The fourth-order valence-electron chi connectivity index (χ4n) is 3.29. The number of hydrogen-bond acceptors (Lipinski definition) is 7. The van der Waals surface area contributed by atoms with E-state index in [2.05, 4.69) is 15.3 Å². The Morgan fingerprint density at radius 3 is 2.65 bits per heavy atom. The maximum absolute atomic E-state index is 12.8. The molecule has 3 aromatic rings. The number of nitrogens with zero attached hydrogens (tertiary/aromatic N) is 3. The number of benzene rings is 1. The van der Waals surface area contributed by atoms with Gasteiger partial charge in [-0.3, -0.25) is 15.1 Å². The predicted octanol–water partition coefficient (Wildman–Crippen LogP) is 3.26. The number of likely N-dealkylation sites (N-methyl/N-ethyl adjacent to an activating group) is 1. The maximum Gasteiger partial charge on any atom is 0.257 e. The van der Waals surface area contributed by atoms with Crippen molar-refractivity contribution in [3.63, 3.8) is 0 Å². The average molecular weight is 459 g/mol. The third-order valence-corrected chi connectivity index (χ3v) is 7.61. The number of carbonyl (C=O) groups is 1. The summed E-state index contributed by atoms with van der Waals surface area (Å²) in [5.41, 5.74) is 2.01. The van der Waals surface area contributed by atoms with Crippen LogP contribution >= 0.6 is 11.3 Å². The lowest BCUT2D eigenvalue weighted by Crippen LogP contribution is -2.34. The van der Waals surface area contributed by atoms with Crippen LogP contribution in [0.1, 0.15) is 23.2 Å². The zero-order valence-corrected chi connectivity index (χ0v) is 18.5. The summed E-state index contributed by atoms with van der Waals surface area (Å²) in [6, 6.07) is 9.57. The van der Waals surface area contributed by atoms with Crippen LogP contribution in [-0.2, 0) is 14.8 Å². The van der Waals surface area contributed by atoms with E-state index >= 15 is 0 Å². The summed E-state index contributed by atoms with van der Waals surface area (Å²) in [5.74, 6) is -0.354. The van der Waals surface area contributed by atoms with Gasteiger partial charge in [0.05, 0.1) is 16.7 Å². The Morgan fingerprint density at radius 1 is 1.23 bits per heavy atom. The van der Waals surface area contributed by atoms with Crippen molar-refractivity contribution in [2.75, 3.05) is 25.5 Å². The molecule has 1 amide bonds. The van der Waals surface area contributed by atoms with E-state index in [1.807, 2.05) is 17.5 Å². The highest BCUT2D eigenvalue weighted by molar-refractivity contribution is 7.89. The molecule has 0 radical (unpaired) electrons. The van der Waals surface area contributed by atoms with E-state index < -0.39 is 10.0 Å². The van der Waals surface area contributed by atoms with Crippen molar-refractivity contribution in [2.45, 2.75) is 23.8 Å². The first-order chi connectivity index (χ1) is 14.9. The lowest BCUT2D eigenvalue weighted by Gasteiger charge is -2.20. The molecule has 1 aliphatic rings. The molecule has 1 fully saturated rings. The van der Waals surface area contributed by atoms with Gasteiger partial charge in [0.25, 0.3) is 5.91 Å². The van der Waals surface area contributed by atoms with Crippen LogP contribution in [0.15, 0.2) is 59.1 Å². The standard InChI is InChI=1S/C21H22N4O4S2/c1-25(13-17-3-2-12-29-17)31(27,28)18-6-4-16(5-7-18)20(26)24-21-23-19(14-30-21)15-8-10-22-11-9-15/h4-11,14,17H,2-3,12-13H2,1H3,(H,23,24,26)/t17-/m0/s1. The van der Waals surface area contributed by atoms with Crippen LogP contribution in [0.2, 0.25) is 0 Å². The Balaban J connectivity index is 1.41. The zero-order valence-electron chi connectivity index (χ0n) is 16.9. The third kappa shape index (κ3) is 4.99. The van der Waals surface area contributed by atoms with Crippen molar-refractivity contribution in [1.82, 2.24) is 14.3 Å². The molecule has 0 unspecified atom stereocenters. The van der Waals surface area contributed by atoms with Crippen LogP contribution in [0.4, 0.5) is 5.13 Å². The number of thiazole rings is 1. The lowest BCUT2D eigenvalue weighted by atomic mass is 10.2. The highest BCUT2D eigenvalue weighted by atomic mass is 32.2. The Kier molecular flexibility index (Phi) is 6.42. The number of amides is 1. The summed E-state index contributed by atoms with van der Waals surface area (Å²) in [6.07, 6.45) is 5.10. The van der Waals surface area contributed by atoms with Crippen LogP contribution in [-0.4, -0.2) is 54.9 Å². The number of anilines is 1. The third-order valence-electron chi connectivity index (χ3n) is 5.01. The maximum atomic E-state index is 12.8. The fraction of sp³-hybridized carbons (Fsp3) is 0.286. The first-order valence-electron chi connectivity index (χ1n) is 9.79. The summed E-state index contributed by atoms with van der Waals surface area (Å²) in [6.45, 7) is 0.986. The van der Waals surface area contributed by atoms with Gasteiger partial charge in [0.2, 0.25) is 10.0 Å². The highest BCUT2D eigenvalue weighted by Crippen LogP contribution is 2.25. The summed E-state index contributed by atoms with van der Waals surface area (Å²) in [4.78, 5) is 21.1. The first kappa shape index (κ1) is 21.6. The largest absolute Gasteiger partial charge is 0.377 e. The Labute approximate surface area is 185 Å². The van der Waals surface area contributed by atoms with Crippen LogP contribution in [0.25, 0.3) is 11.3 Å². The quantitative estimate of drug-likeness (QED) is 0.583. The molecule has 1 saturated heterocycles. The van der Waals surface area contributed by atoms with E-state index in [0.717, 1.165) is 24.1 Å². The number of carbonyl (C=O) groups excluding carboxylic acids is 1. The summed E-state index contributed by atoms with van der Waals surface area (Å²) in [7, 11) is -2.11. The van der Waals surface area contributed by atoms with Gasteiger partial charge in [0.15, 0.2) is 5.13 Å². The first-order valence-corrected chi connectivity index (χ1v) is 12.1. The molecule has 162 valence electrons. The van der Waals surface area contributed by atoms with Gasteiger partial charge in [-0.25, -0.2) is 13.4 Å². The minimum atomic E-state index is -3.65. The normalized spacial score (nSPS) is 16.5. The molecule has 4 rings (SSSR count). The fourth-order valence-corrected chi connectivity index (χ4v) is 5.20. The van der Waals surface area contributed by atoms with Gasteiger partial charge in [-0.05, 0) is 49.2 Å². The molecule has 10 heteroatoms. The van der Waals surface area contributed by atoms with Crippen molar-refractivity contribution < 1.29 is 17.9 Å². The van der Waals surface area contributed by atoms with E-state index in [1.165, 1.54) is 39.9 Å². The molecule has 3 heterocycles. The number of ether oxygens (including phenoxy) is 1. The van der Waals surface area contributed by atoms with Crippen LogP contribution in [0, 0.1) is 0 Å². The van der Waals surface area contributed by atoms with Crippen LogP contribution < -0.4 is 5.32 Å². The second kappa shape index (κ2) is 9.23. The van der Waals surface area contributed by atoms with E-state index in [-0.39, 0.29) is 16.9 Å². The van der Waals surface area contributed by atoms with Gasteiger partial charge in [0.1, 0.15) is 0 Å². The van der Waals surface area contributed by atoms with E-state index in [9.17, 15) is 13.2 Å². The Hall–Kier alpha value is -2.66. The molecule has 8 nitrogen and oxygen atoms in total. The van der Waals surface area contributed by atoms with Crippen molar-refractivity contribution in [3.8, 4) is 11.3 Å². The molecule has 2 aromatic heterocycles. The summed E-state index contributed by atoms with van der Waals surface area (Å²) >= 11 is 1.32. The summed E-state index contributed by atoms with van der Waals surface area (Å²) in [5, 5.41) is 5.07. The van der Waals surface area contributed by atoms with Crippen molar-refractivity contribution in [2.24, 2.45) is 0 Å². The molecule has 1 aromatic carbocycles. The van der Waals surface area contributed by atoms with E-state index in [0.29, 0.717) is 23.8 Å². The molecule has 0 spiro atoms. The topological polar surface area (TPSA) is 101 Å². The van der Waals surface area contributed by atoms with Gasteiger partial charge >= 0.3 is 0 Å². The molecule has 0 saturated carbocycles. The monoisotopic (exact) mass is 458 g/mol. The Morgan fingerprint density at radius 2 is 1.97 bits per heavy atom. The molecule has 31 heavy (non-hydrogen) atoms. The van der Waals surface area contributed by atoms with E-state index in [4.69, 9.17) is 4.74 Å². The van der Waals surface area contributed by atoms with Gasteiger partial charge in [-0.2, -0.15) is 4.31 Å². The molecule has 1 N–H and O–H groups in total. The molecular formula is C21H22N4O4S2. The van der Waals surface area contributed by atoms with Crippen molar-refractivity contribution in [3.05, 3.63) is 59.7 Å². The van der Waals surface area contributed by atoms with Gasteiger partial charge < -0.3 is 4.74 Å².